The maximum Gasteiger partial charge on any atom is 0.222 e. The molecule has 0 spiro atoms. The second kappa shape index (κ2) is 6.89. The summed E-state index contributed by atoms with van der Waals surface area (Å²) in [6, 6.07) is 20.0. The van der Waals surface area contributed by atoms with Crippen molar-refractivity contribution in [2.75, 3.05) is 24.2 Å². The molecule has 2 aromatic carbocycles. The molecule has 0 aliphatic rings. The molecule has 5 heteroatoms. The van der Waals surface area contributed by atoms with Gasteiger partial charge in [0.2, 0.25) is 5.95 Å². The van der Waals surface area contributed by atoms with Crippen molar-refractivity contribution in [1.82, 2.24) is 9.97 Å². The summed E-state index contributed by atoms with van der Waals surface area (Å²) in [5, 5.41) is 12.0. The van der Waals surface area contributed by atoms with E-state index in [1.807, 2.05) is 42.5 Å². The van der Waals surface area contributed by atoms with Crippen molar-refractivity contribution in [3.8, 4) is 22.4 Å². The molecular formula is C18H18N4O. The zero-order valence-electron chi connectivity index (χ0n) is 12.6. The number of nitrogens with zero attached hydrogens (tertiary/aromatic N) is 2. The Balaban J connectivity index is 2.07. The van der Waals surface area contributed by atoms with Gasteiger partial charge in [-0.2, -0.15) is 4.98 Å². The molecule has 3 rings (SSSR count). The number of aliphatic hydroxyl groups is 1. The summed E-state index contributed by atoms with van der Waals surface area (Å²) in [6.07, 6.45) is 0. The molecule has 23 heavy (non-hydrogen) atoms. The summed E-state index contributed by atoms with van der Waals surface area (Å²) >= 11 is 0. The minimum atomic E-state index is 0.0276. The molecule has 0 atom stereocenters. The molecule has 0 radical (unpaired) electrons. The average Bonchev–Trinajstić information content (AvgIpc) is 2.60. The molecule has 3 aromatic rings. The van der Waals surface area contributed by atoms with E-state index in [1.54, 1.807) is 0 Å². The van der Waals surface area contributed by atoms with E-state index in [9.17, 15) is 0 Å². The van der Waals surface area contributed by atoms with Gasteiger partial charge in [0, 0.05) is 18.2 Å². The molecule has 0 aliphatic carbocycles. The number of nitrogen functional groups attached to an aromatic ring is 1. The molecule has 116 valence electrons. The molecule has 1 aromatic heterocycles. The number of rotatable bonds is 5. The smallest absolute Gasteiger partial charge is 0.222 e. The molecule has 0 unspecified atom stereocenters. The molecule has 0 bridgehead atoms. The number of hydrogen-bond donors (Lipinski definition) is 3. The number of aromatic nitrogens is 2. The highest BCUT2D eigenvalue weighted by Gasteiger charge is 2.10. The van der Waals surface area contributed by atoms with Crippen LogP contribution in [0.3, 0.4) is 0 Å². The summed E-state index contributed by atoms with van der Waals surface area (Å²) in [6.45, 7) is 0.441. The summed E-state index contributed by atoms with van der Waals surface area (Å²) in [7, 11) is 0. The Morgan fingerprint density at radius 1 is 0.913 bits per heavy atom. The van der Waals surface area contributed by atoms with E-state index in [0.29, 0.717) is 12.4 Å². The van der Waals surface area contributed by atoms with E-state index >= 15 is 0 Å². The van der Waals surface area contributed by atoms with Gasteiger partial charge in [0.1, 0.15) is 5.82 Å². The van der Waals surface area contributed by atoms with E-state index in [2.05, 4.69) is 33.5 Å². The topological polar surface area (TPSA) is 84.1 Å². The van der Waals surface area contributed by atoms with Gasteiger partial charge in [-0.05, 0) is 11.1 Å². The van der Waals surface area contributed by atoms with E-state index in [-0.39, 0.29) is 12.6 Å². The van der Waals surface area contributed by atoms with Gasteiger partial charge in [-0.15, -0.1) is 0 Å². The number of nitrogens with one attached hydrogen (secondary N) is 1. The normalized spacial score (nSPS) is 10.5. The van der Waals surface area contributed by atoms with Crippen molar-refractivity contribution in [2.24, 2.45) is 0 Å². The molecule has 0 saturated carbocycles. The highest BCUT2D eigenvalue weighted by Crippen LogP contribution is 2.31. The summed E-state index contributed by atoms with van der Waals surface area (Å²) in [5.74, 6) is 0.801. The first-order valence-electron chi connectivity index (χ1n) is 7.42. The predicted octanol–water partition coefficient (Wildman–Crippen LogP) is 2.80. The van der Waals surface area contributed by atoms with E-state index < -0.39 is 0 Å². The lowest BCUT2D eigenvalue weighted by atomic mass is 9.97. The average molecular weight is 306 g/mol. The zero-order chi connectivity index (χ0) is 16.1. The Labute approximate surface area is 134 Å². The van der Waals surface area contributed by atoms with E-state index in [1.165, 1.54) is 0 Å². The summed E-state index contributed by atoms with van der Waals surface area (Å²) in [4.78, 5) is 8.51. The lowest BCUT2D eigenvalue weighted by molar-refractivity contribution is 0.311. The van der Waals surface area contributed by atoms with Gasteiger partial charge in [0.15, 0.2) is 0 Å². The number of anilines is 2. The van der Waals surface area contributed by atoms with Crippen LogP contribution in [0.1, 0.15) is 0 Å². The van der Waals surface area contributed by atoms with Crippen molar-refractivity contribution in [2.45, 2.75) is 0 Å². The van der Waals surface area contributed by atoms with E-state index in [4.69, 9.17) is 10.8 Å². The monoisotopic (exact) mass is 306 g/mol. The minimum Gasteiger partial charge on any atom is -0.395 e. The van der Waals surface area contributed by atoms with Crippen LogP contribution in [0.5, 0.6) is 0 Å². The molecular weight excluding hydrogens is 288 g/mol. The van der Waals surface area contributed by atoms with Crippen LogP contribution in [0.25, 0.3) is 22.4 Å². The van der Waals surface area contributed by atoms with Crippen LogP contribution < -0.4 is 11.1 Å². The third-order valence-electron chi connectivity index (χ3n) is 3.45. The van der Waals surface area contributed by atoms with Crippen LogP contribution in [-0.2, 0) is 0 Å². The Hall–Kier alpha value is -2.92. The lowest BCUT2D eigenvalue weighted by Crippen LogP contribution is -2.09. The number of benzene rings is 2. The SMILES string of the molecule is Nc1nc(NCCO)cc(-c2ccccc2-c2ccccc2)n1. The predicted molar refractivity (Wildman–Crippen MR) is 92.9 cm³/mol. The standard InChI is InChI=1S/C18H18N4O/c19-18-21-16(12-17(22-18)20-10-11-23)15-9-5-4-8-14(15)13-6-2-1-3-7-13/h1-9,12,23H,10-11H2,(H3,19,20,21,22). The minimum absolute atomic E-state index is 0.0276. The third kappa shape index (κ3) is 3.46. The molecule has 0 amide bonds. The first-order valence-corrected chi connectivity index (χ1v) is 7.42. The molecule has 5 nitrogen and oxygen atoms in total. The second-order valence-corrected chi connectivity index (χ2v) is 5.06. The molecule has 0 saturated heterocycles. The van der Waals surface area contributed by atoms with Crippen molar-refractivity contribution in [3.05, 3.63) is 60.7 Å². The molecule has 0 fully saturated rings. The molecule has 4 N–H and O–H groups in total. The third-order valence-corrected chi connectivity index (χ3v) is 3.45. The second-order valence-electron chi connectivity index (χ2n) is 5.06. The Bertz CT molecular complexity index is 790. The Morgan fingerprint density at radius 2 is 1.61 bits per heavy atom. The molecule has 0 aliphatic heterocycles. The van der Waals surface area contributed by atoms with Gasteiger partial charge in [-0.25, -0.2) is 4.98 Å². The Kier molecular flexibility index (Phi) is 4.49. The van der Waals surface area contributed by atoms with Crippen LogP contribution in [0.15, 0.2) is 60.7 Å². The van der Waals surface area contributed by atoms with Crippen molar-refractivity contribution in [1.29, 1.82) is 0 Å². The van der Waals surface area contributed by atoms with Crippen LogP contribution in [0, 0.1) is 0 Å². The number of hydrogen-bond acceptors (Lipinski definition) is 5. The fourth-order valence-electron chi connectivity index (χ4n) is 2.45. The van der Waals surface area contributed by atoms with Crippen LogP contribution in [-0.4, -0.2) is 28.2 Å². The first-order chi connectivity index (χ1) is 11.3. The fourth-order valence-corrected chi connectivity index (χ4v) is 2.45. The fraction of sp³-hybridized carbons (Fsp3) is 0.111. The van der Waals surface area contributed by atoms with Gasteiger partial charge in [0.05, 0.1) is 12.3 Å². The summed E-state index contributed by atoms with van der Waals surface area (Å²) in [5.41, 5.74) is 9.76. The quantitative estimate of drug-likeness (QED) is 0.675. The Morgan fingerprint density at radius 3 is 2.35 bits per heavy atom. The van der Waals surface area contributed by atoms with Gasteiger partial charge in [0.25, 0.3) is 0 Å². The zero-order valence-corrected chi connectivity index (χ0v) is 12.6. The summed E-state index contributed by atoms with van der Waals surface area (Å²) < 4.78 is 0. The van der Waals surface area contributed by atoms with Gasteiger partial charge >= 0.3 is 0 Å². The van der Waals surface area contributed by atoms with Crippen LogP contribution in [0.4, 0.5) is 11.8 Å². The van der Waals surface area contributed by atoms with Crippen LogP contribution >= 0.6 is 0 Å². The van der Waals surface area contributed by atoms with Gasteiger partial charge in [-0.3, -0.25) is 0 Å². The van der Waals surface area contributed by atoms with Gasteiger partial charge < -0.3 is 16.2 Å². The van der Waals surface area contributed by atoms with Crippen molar-refractivity contribution >= 4 is 11.8 Å². The van der Waals surface area contributed by atoms with E-state index in [0.717, 1.165) is 22.4 Å². The van der Waals surface area contributed by atoms with Gasteiger partial charge in [-0.1, -0.05) is 54.6 Å². The largest absolute Gasteiger partial charge is 0.395 e. The lowest BCUT2D eigenvalue weighted by Gasteiger charge is -2.11. The highest BCUT2D eigenvalue weighted by molar-refractivity contribution is 5.82. The van der Waals surface area contributed by atoms with Crippen molar-refractivity contribution in [3.63, 3.8) is 0 Å². The maximum absolute atomic E-state index is 8.94. The first kappa shape index (κ1) is 15.0. The maximum atomic E-state index is 8.94. The number of aliphatic hydroxyl groups excluding tert-OH is 1. The molecule has 1 heterocycles. The van der Waals surface area contributed by atoms with Crippen molar-refractivity contribution < 1.29 is 5.11 Å². The van der Waals surface area contributed by atoms with Crippen LogP contribution in [0.2, 0.25) is 0 Å². The number of nitrogens with two attached hydrogens (primary N) is 1. The highest BCUT2D eigenvalue weighted by atomic mass is 16.3.